The summed E-state index contributed by atoms with van der Waals surface area (Å²) in [6.07, 6.45) is -0.764. The van der Waals surface area contributed by atoms with Crippen LogP contribution in [0.3, 0.4) is 0 Å². The number of hydrogen-bond donors (Lipinski definition) is 4. The van der Waals surface area contributed by atoms with Gasteiger partial charge in [0.2, 0.25) is 0 Å². The van der Waals surface area contributed by atoms with Crippen LogP contribution in [0.4, 0.5) is 0 Å². The van der Waals surface area contributed by atoms with Crippen LogP contribution in [0.25, 0.3) is 11.3 Å². The van der Waals surface area contributed by atoms with Crippen LogP contribution in [-0.4, -0.2) is 34.1 Å². The Balaban J connectivity index is 1.64. The predicted molar refractivity (Wildman–Crippen MR) is 110 cm³/mol. The normalized spacial score (nSPS) is 12.9. The summed E-state index contributed by atoms with van der Waals surface area (Å²) in [6, 6.07) is 19.6. The van der Waals surface area contributed by atoms with Gasteiger partial charge in [-0.25, -0.2) is 0 Å². The van der Waals surface area contributed by atoms with Crippen LogP contribution in [0.2, 0.25) is 0 Å². The molecule has 3 aromatic rings. The molecule has 0 aliphatic carbocycles. The second kappa shape index (κ2) is 8.94. The van der Waals surface area contributed by atoms with Crippen molar-refractivity contribution in [1.29, 1.82) is 0 Å². The summed E-state index contributed by atoms with van der Waals surface area (Å²) in [4.78, 5) is 2.14. The molecule has 1 atom stereocenters. The molecule has 5 nitrogen and oxygen atoms in total. The van der Waals surface area contributed by atoms with Crippen molar-refractivity contribution in [2.45, 2.75) is 34.8 Å². The highest BCUT2D eigenvalue weighted by Crippen LogP contribution is 2.32. The van der Waals surface area contributed by atoms with E-state index in [0.29, 0.717) is 5.56 Å². The molecule has 0 saturated carbocycles. The lowest BCUT2D eigenvalue weighted by atomic mass is 9.92. The largest absolute Gasteiger partial charge is 0.461 e. The first-order chi connectivity index (χ1) is 13.4. The highest BCUT2D eigenvalue weighted by Gasteiger charge is 2.27. The number of aliphatic hydroxyl groups excluding tert-OH is 3. The Morgan fingerprint density at radius 3 is 2.00 bits per heavy atom. The van der Waals surface area contributed by atoms with Crippen LogP contribution >= 0.6 is 11.8 Å². The summed E-state index contributed by atoms with van der Waals surface area (Å²) in [5.41, 5.74) is 6.39. The fourth-order valence-electron chi connectivity index (χ4n) is 2.85. The molecule has 0 bridgehead atoms. The van der Waals surface area contributed by atoms with Crippen molar-refractivity contribution >= 4 is 11.8 Å². The maximum atomic E-state index is 10.3. The lowest BCUT2D eigenvalue weighted by molar-refractivity contribution is 0.0618. The molecule has 28 heavy (non-hydrogen) atoms. The third kappa shape index (κ3) is 5.04. The number of benzene rings is 2. The molecular weight excluding hydrogens is 374 g/mol. The fraction of sp³-hybridized carbons (Fsp3) is 0.273. The minimum absolute atomic E-state index is 0.0835. The summed E-state index contributed by atoms with van der Waals surface area (Å²) in [5, 5.41) is 28.9. The van der Waals surface area contributed by atoms with Gasteiger partial charge in [0.15, 0.2) is 0 Å². The van der Waals surface area contributed by atoms with Crippen LogP contribution < -0.4 is 5.73 Å². The van der Waals surface area contributed by atoms with Gasteiger partial charge in [-0.15, -0.1) is 0 Å². The maximum absolute atomic E-state index is 10.3. The quantitative estimate of drug-likeness (QED) is 0.463. The first kappa shape index (κ1) is 20.6. The van der Waals surface area contributed by atoms with Gasteiger partial charge in [0.25, 0.3) is 0 Å². The molecule has 0 aliphatic rings. The Morgan fingerprint density at radius 1 is 0.929 bits per heavy atom. The zero-order chi connectivity index (χ0) is 20.1. The third-order valence-corrected chi connectivity index (χ3v) is 5.63. The van der Waals surface area contributed by atoms with Gasteiger partial charge in [0.05, 0.1) is 24.9 Å². The van der Waals surface area contributed by atoms with Crippen molar-refractivity contribution in [1.82, 2.24) is 0 Å². The Hall–Kier alpha value is -2.09. The molecule has 0 spiro atoms. The summed E-state index contributed by atoms with van der Waals surface area (Å²) >= 11 is 1.62. The molecule has 0 saturated heterocycles. The molecule has 0 aliphatic heterocycles. The monoisotopic (exact) mass is 399 g/mol. The van der Waals surface area contributed by atoms with E-state index in [2.05, 4.69) is 0 Å². The molecule has 148 valence electrons. The molecule has 2 aromatic carbocycles. The van der Waals surface area contributed by atoms with E-state index in [1.807, 2.05) is 67.6 Å². The van der Waals surface area contributed by atoms with Crippen LogP contribution in [-0.2, 0) is 0 Å². The van der Waals surface area contributed by atoms with E-state index in [4.69, 9.17) is 10.2 Å². The summed E-state index contributed by atoms with van der Waals surface area (Å²) < 4.78 is 5.64. The van der Waals surface area contributed by atoms with E-state index in [1.165, 1.54) is 0 Å². The maximum Gasteiger partial charge on any atom is 0.134 e. The number of furan rings is 1. The number of hydrogen-bond acceptors (Lipinski definition) is 6. The van der Waals surface area contributed by atoms with Gasteiger partial charge in [0, 0.05) is 15.4 Å². The van der Waals surface area contributed by atoms with Gasteiger partial charge in [-0.05, 0) is 55.3 Å². The van der Waals surface area contributed by atoms with Crippen molar-refractivity contribution in [2.24, 2.45) is 5.73 Å². The Labute approximate surface area is 168 Å². The summed E-state index contributed by atoms with van der Waals surface area (Å²) in [7, 11) is 0. The molecule has 6 heteroatoms. The van der Waals surface area contributed by atoms with Gasteiger partial charge < -0.3 is 25.5 Å². The van der Waals surface area contributed by atoms with Gasteiger partial charge in [-0.1, -0.05) is 36.0 Å². The predicted octanol–water partition coefficient (Wildman–Crippen LogP) is 3.51. The Kier molecular flexibility index (Phi) is 6.59. The van der Waals surface area contributed by atoms with Gasteiger partial charge in [-0.2, -0.15) is 0 Å². The SMILES string of the molecule is Cc1ccc(-c2ccc(Sc3ccc(C(O)CC(N)(CO)CO)cc3)cc2)o1. The van der Waals surface area contributed by atoms with Crippen molar-refractivity contribution in [3.63, 3.8) is 0 Å². The molecule has 0 radical (unpaired) electrons. The van der Waals surface area contributed by atoms with Crippen LogP contribution in [0.15, 0.2) is 74.9 Å². The highest BCUT2D eigenvalue weighted by molar-refractivity contribution is 7.99. The van der Waals surface area contributed by atoms with Gasteiger partial charge >= 0.3 is 0 Å². The smallest absolute Gasteiger partial charge is 0.134 e. The summed E-state index contributed by atoms with van der Waals surface area (Å²) in [5.74, 6) is 1.75. The molecular formula is C22H25NO4S. The van der Waals surface area contributed by atoms with E-state index in [-0.39, 0.29) is 19.6 Å². The first-order valence-corrected chi connectivity index (χ1v) is 9.87. The fourth-order valence-corrected chi connectivity index (χ4v) is 3.67. The molecule has 1 heterocycles. The van der Waals surface area contributed by atoms with Crippen molar-refractivity contribution < 1.29 is 19.7 Å². The topological polar surface area (TPSA) is 99.9 Å². The Bertz CT molecular complexity index is 886. The average Bonchev–Trinajstić information content (AvgIpc) is 3.15. The number of aliphatic hydroxyl groups is 3. The molecule has 1 aromatic heterocycles. The average molecular weight is 400 g/mol. The standard InChI is InChI=1S/C22H25NO4S/c1-15-2-11-21(27-15)17-5-9-19(10-6-17)28-18-7-3-16(4-8-18)20(26)12-22(23,13-24)14-25/h2-11,20,24-26H,12-14,23H2,1H3. The van der Waals surface area contributed by atoms with E-state index in [9.17, 15) is 15.3 Å². The van der Waals surface area contributed by atoms with Crippen molar-refractivity contribution in [2.75, 3.05) is 13.2 Å². The minimum Gasteiger partial charge on any atom is -0.461 e. The highest BCUT2D eigenvalue weighted by atomic mass is 32.2. The molecule has 3 rings (SSSR count). The number of aryl methyl sites for hydroxylation is 1. The van der Waals surface area contributed by atoms with E-state index in [0.717, 1.165) is 26.9 Å². The molecule has 0 fully saturated rings. The van der Waals surface area contributed by atoms with Crippen LogP contribution in [0.5, 0.6) is 0 Å². The van der Waals surface area contributed by atoms with Crippen molar-refractivity contribution in [3.05, 3.63) is 72.0 Å². The summed E-state index contributed by atoms with van der Waals surface area (Å²) in [6.45, 7) is 1.15. The lowest BCUT2D eigenvalue weighted by Crippen LogP contribution is -2.48. The van der Waals surface area contributed by atoms with Crippen molar-refractivity contribution in [3.8, 4) is 11.3 Å². The van der Waals surface area contributed by atoms with E-state index < -0.39 is 11.6 Å². The van der Waals surface area contributed by atoms with Gasteiger partial charge in [-0.3, -0.25) is 0 Å². The van der Waals surface area contributed by atoms with E-state index in [1.54, 1.807) is 11.8 Å². The third-order valence-electron chi connectivity index (χ3n) is 4.61. The van der Waals surface area contributed by atoms with E-state index >= 15 is 0 Å². The zero-order valence-electron chi connectivity index (χ0n) is 15.7. The molecule has 1 unspecified atom stereocenters. The van der Waals surface area contributed by atoms with Crippen LogP contribution in [0.1, 0.15) is 23.8 Å². The number of nitrogens with two attached hydrogens (primary N) is 1. The molecule has 0 amide bonds. The second-order valence-corrected chi connectivity index (χ2v) is 8.15. The Morgan fingerprint density at radius 2 is 1.50 bits per heavy atom. The minimum atomic E-state index is -1.19. The van der Waals surface area contributed by atoms with Gasteiger partial charge in [0.1, 0.15) is 11.5 Å². The lowest BCUT2D eigenvalue weighted by Gasteiger charge is -2.27. The second-order valence-electron chi connectivity index (χ2n) is 7.00. The number of rotatable bonds is 8. The molecule has 5 N–H and O–H groups in total. The zero-order valence-corrected chi connectivity index (χ0v) is 16.5. The first-order valence-electron chi connectivity index (χ1n) is 9.06. The van der Waals surface area contributed by atoms with Crippen LogP contribution in [0, 0.1) is 6.92 Å².